The van der Waals surface area contributed by atoms with Crippen molar-refractivity contribution in [1.82, 2.24) is 0 Å². The van der Waals surface area contributed by atoms with Crippen LogP contribution < -0.4 is 9.20 Å². The van der Waals surface area contributed by atoms with Gasteiger partial charge in [0.2, 0.25) is 0 Å². The van der Waals surface area contributed by atoms with Gasteiger partial charge < -0.3 is 0 Å². The predicted molar refractivity (Wildman–Crippen MR) is 83.0 cm³/mol. The Morgan fingerprint density at radius 1 is 0.895 bits per heavy atom. The van der Waals surface area contributed by atoms with Gasteiger partial charge >= 0.3 is 116 Å². The molecule has 2 aromatic carbocycles. The van der Waals surface area contributed by atoms with Gasteiger partial charge in [-0.05, 0) is 0 Å². The first-order chi connectivity index (χ1) is 8.95. The molecule has 96 valence electrons. The third-order valence-corrected chi connectivity index (χ3v) is 9.02. The number of hydrogen-bond donors (Lipinski definition) is 0. The molecule has 0 fully saturated rings. The van der Waals surface area contributed by atoms with Gasteiger partial charge in [-0.25, -0.2) is 0 Å². The van der Waals surface area contributed by atoms with Crippen molar-refractivity contribution in [2.45, 2.75) is 14.8 Å². The molecule has 3 aromatic rings. The van der Waals surface area contributed by atoms with Crippen LogP contribution in [0.2, 0.25) is 14.8 Å². The van der Waals surface area contributed by atoms with Crippen molar-refractivity contribution >= 4 is 43.7 Å². The van der Waals surface area contributed by atoms with E-state index in [0.29, 0.717) is 5.58 Å². The molecule has 0 saturated heterocycles. The predicted octanol–water partition coefficient (Wildman–Crippen LogP) is 3.49. The molecular weight excluding hydrogens is 343 g/mol. The molecule has 0 atom stereocenters. The second-order valence-corrected chi connectivity index (χ2v) is 20.3. The van der Waals surface area contributed by atoms with E-state index < -0.39 is 18.4 Å². The standard InChI is InChI=1S/C13H7O2.3CH3.Sn/c14-13-6-5-11-7-9-3-1-2-4-10(9)8-12(11)15-13;;;;/h1-5,7-8H;3*1H3;. The molecule has 3 rings (SSSR count). The third-order valence-electron chi connectivity index (χ3n) is 3.41. The van der Waals surface area contributed by atoms with Crippen molar-refractivity contribution in [3.05, 3.63) is 52.9 Å². The molecule has 0 aliphatic heterocycles. The van der Waals surface area contributed by atoms with E-state index in [1.807, 2.05) is 30.3 Å². The SMILES string of the molecule is [CH3][Sn]([CH3])([CH3])[c]1cc2cc3ccccc3cc2oc1=O. The van der Waals surface area contributed by atoms with Crippen molar-refractivity contribution in [3.8, 4) is 0 Å². The summed E-state index contributed by atoms with van der Waals surface area (Å²) in [6.07, 6.45) is 0. The number of rotatable bonds is 1. The fourth-order valence-corrected chi connectivity index (χ4v) is 5.90. The first-order valence-corrected chi connectivity index (χ1v) is 16.4. The average Bonchev–Trinajstić information content (AvgIpc) is 2.34. The van der Waals surface area contributed by atoms with E-state index in [1.54, 1.807) is 0 Å². The third kappa shape index (κ3) is 2.29. The Labute approximate surface area is 115 Å². The van der Waals surface area contributed by atoms with Gasteiger partial charge in [0.1, 0.15) is 0 Å². The minimum absolute atomic E-state index is 0.147. The summed E-state index contributed by atoms with van der Waals surface area (Å²) in [6.45, 7) is 0. The average molecular weight is 359 g/mol. The maximum atomic E-state index is 12.1. The van der Waals surface area contributed by atoms with Crippen LogP contribution in [0.4, 0.5) is 0 Å². The van der Waals surface area contributed by atoms with Gasteiger partial charge in [-0.2, -0.15) is 0 Å². The Morgan fingerprint density at radius 3 is 2.16 bits per heavy atom. The van der Waals surface area contributed by atoms with E-state index in [0.717, 1.165) is 14.4 Å². The van der Waals surface area contributed by atoms with Crippen molar-refractivity contribution in [3.63, 3.8) is 0 Å². The molecule has 3 heteroatoms. The van der Waals surface area contributed by atoms with Crippen LogP contribution in [-0.2, 0) is 0 Å². The van der Waals surface area contributed by atoms with Crippen molar-refractivity contribution in [1.29, 1.82) is 0 Å². The number of hydrogen-bond acceptors (Lipinski definition) is 2. The van der Waals surface area contributed by atoms with E-state index in [-0.39, 0.29) is 5.63 Å². The number of benzene rings is 2. The number of fused-ring (bicyclic) bond motifs is 2. The zero-order chi connectivity index (χ0) is 13.6. The molecule has 0 spiro atoms. The monoisotopic (exact) mass is 360 g/mol. The molecular formula is C16H16O2Sn. The summed E-state index contributed by atoms with van der Waals surface area (Å²) < 4.78 is 6.45. The molecule has 0 bridgehead atoms. The van der Waals surface area contributed by atoms with Crippen LogP contribution in [0.5, 0.6) is 0 Å². The Hall–Kier alpha value is -1.29. The molecule has 0 unspecified atom stereocenters. The Balaban J connectivity index is 2.40. The van der Waals surface area contributed by atoms with Crippen LogP contribution in [0.1, 0.15) is 0 Å². The molecule has 0 saturated carbocycles. The van der Waals surface area contributed by atoms with Gasteiger partial charge in [0.25, 0.3) is 0 Å². The maximum absolute atomic E-state index is 12.1. The molecule has 0 N–H and O–H groups in total. The van der Waals surface area contributed by atoms with Crippen LogP contribution in [0, 0.1) is 0 Å². The van der Waals surface area contributed by atoms with E-state index in [4.69, 9.17) is 4.42 Å². The summed E-state index contributed by atoms with van der Waals surface area (Å²) in [5.74, 6) is 0. The summed E-state index contributed by atoms with van der Waals surface area (Å²) in [5, 5.41) is 3.31. The van der Waals surface area contributed by atoms with Crippen LogP contribution in [-0.4, -0.2) is 18.4 Å². The zero-order valence-corrected chi connectivity index (χ0v) is 14.2. The molecule has 19 heavy (non-hydrogen) atoms. The first kappa shape index (κ1) is 12.7. The second kappa shape index (κ2) is 4.37. The van der Waals surface area contributed by atoms with E-state index in [1.165, 1.54) is 5.39 Å². The Morgan fingerprint density at radius 2 is 1.53 bits per heavy atom. The van der Waals surface area contributed by atoms with Crippen LogP contribution in [0.3, 0.4) is 0 Å². The summed E-state index contributed by atoms with van der Waals surface area (Å²) >= 11 is -2.42. The van der Waals surface area contributed by atoms with Gasteiger partial charge in [0.15, 0.2) is 0 Å². The quantitative estimate of drug-likeness (QED) is 0.378. The van der Waals surface area contributed by atoms with Gasteiger partial charge in [-0.3, -0.25) is 0 Å². The fourth-order valence-electron chi connectivity index (χ4n) is 2.33. The Bertz CT molecular complexity index is 825. The van der Waals surface area contributed by atoms with Gasteiger partial charge in [0.05, 0.1) is 0 Å². The van der Waals surface area contributed by atoms with Crippen LogP contribution in [0.25, 0.3) is 21.7 Å². The fraction of sp³-hybridized carbons (Fsp3) is 0.188. The van der Waals surface area contributed by atoms with Crippen molar-refractivity contribution < 1.29 is 4.42 Å². The molecule has 2 nitrogen and oxygen atoms in total. The van der Waals surface area contributed by atoms with E-state index in [9.17, 15) is 4.79 Å². The molecule has 0 aliphatic rings. The summed E-state index contributed by atoms with van der Waals surface area (Å²) in [6, 6.07) is 14.2. The molecule has 0 radical (unpaired) electrons. The topological polar surface area (TPSA) is 30.2 Å². The second-order valence-electron chi connectivity index (χ2n) is 5.93. The summed E-state index contributed by atoms with van der Waals surface area (Å²) in [5.41, 5.74) is 0.536. The van der Waals surface area contributed by atoms with E-state index in [2.05, 4.69) is 27.0 Å². The minimum atomic E-state index is -2.42. The van der Waals surface area contributed by atoms with Gasteiger partial charge in [-0.15, -0.1) is 0 Å². The Kier molecular flexibility index (Phi) is 2.93. The normalized spacial score (nSPS) is 12.2. The molecule has 0 amide bonds. The summed E-state index contributed by atoms with van der Waals surface area (Å²) in [7, 11) is 0. The van der Waals surface area contributed by atoms with Gasteiger partial charge in [-0.1, -0.05) is 0 Å². The molecule has 0 aliphatic carbocycles. The van der Waals surface area contributed by atoms with Crippen molar-refractivity contribution in [2.24, 2.45) is 0 Å². The zero-order valence-electron chi connectivity index (χ0n) is 11.4. The van der Waals surface area contributed by atoms with Crippen molar-refractivity contribution in [2.75, 3.05) is 0 Å². The summed E-state index contributed by atoms with van der Waals surface area (Å²) in [4.78, 5) is 18.8. The van der Waals surface area contributed by atoms with E-state index >= 15 is 0 Å². The molecule has 1 heterocycles. The first-order valence-electron chi connectivity index (χ1n) is 6.42. The van der Waals surface area contributed by atoms with Gasteiger partial charge in [0, 0.05) is 0 Å². The van der Waals surface area contributed by atoms with Crippen LogP contribution in [0.15, 0.2) is 51.7 Å². The molecule has 1 aromatic heterocycles. The van der Waals surface area contributed by atoms with Crippen LogP contribution >= 0.6 is 0 Å².